The lowest BCUT2D eigenvalue weighted by Gasteiger charge is -2.52. The van der Waals surface area contributed by atoms with Crippen LogP contribution in [-0.4, -0.2) is 47.9 Å². The van der Waals surface area contributed by atoms with Crippen LogP contribution in [0.15, 0.2) is 0 Å². The highest BCUT2D eigenvalue weighted by atomic mass is 19.4. The first-order chi connectivity index (χ1) is 9.40. The van der Waals surface area contributed by atoms with E-state index >= 15 is 0 Å². The Balaban J connectivity index is 3.70. The highest BCUT2D eigenvalue weighted by molar-refractivity contribution is 5.06. The third-order valence-electron chi connectivity index (χ3n) is 2.58. The van der Waals surface area contributed by atoms with Crippen molar-refractivity contribution in [1.29, 1.82) is 0 Å². The van der Waals surface area contributed by atoms with E-state index in [1.54, 1.807) is 0 Å². The number of nitrogens with zero attached hydrogens (tertiary/aromatic N) is 1. The molecule has 0 aromatic rings. The Morgan fingerprint density at radius 1 is 0.682 bits per heavy atom. The maximum atomic E-state index is 13.3. The second-order valence-corrected chi connectivity index (χ2v) is 3.92. The average molecular weight is 363 g/mol. The van der Waals surface area contributed by atoms with Crippen LogP contribution in [0.5, 0.6) is 0 Å². The maximum absolute atomic E-state index is 13.3. The Kier molecular flexibility index (Phi) is 3.91. The van der Waals surface area contributed by atoms with Crippen LogP contribution in [0.2, 0.25) is 0 Å². The molecule has 1 rings (SSSR count). The van der Waals surface area contributed by atoms with Gasteiger partial charge in [0, 0.05) is 0 Å². The minimum absolute atomic E-state index is 1.86. The molecule has 1 aliphatic heterocycles. The minimum atomic E-state index is -7.11. The van der Waals surface area contributed by atoms with Crippen LogP contribution in [-0.2, 0) is 4.74 Å². The Bertz CT molecular complexity index is 405. The zero-order valence-electron chi connectivity index (χ0n) is 9.48. The minimum Gasteiger partial charge on any atom is -0.282 e. The number of hydrogen-bond donors (Lipinski definition) is 0. The largest absolute Gasteiger partial charge is 0.456 e. The summed E-state index contributed by atoms with van der Waals surface area (Å²) in [7, 11) is 0. The summed E-state index contributed by atoms with van der Waals surface area (Å²) in [5.41, 5.74) is 0. The Hall–Kier alpha value is -0.990. The van der Waals surface area contributed by atoms with E-state index in [0.717, 1.165) is 0 Å². The van der Waals surface area contributed by atoms with Gasteiger partial charge in [-0.3, -0.25) is 4.74 Å². The monoisotopic (exact) mass is 363 g/mol. The van der Waals surface area contributed by atoms with E-state index in [9.17, 15) is 57.1 Å². The maximum Gasteiger partial charge on any atom is 0.456 e. The van der Waals surface area contributed by atoms with Crippen LogP contribution in [0.4, 0.5) is 57.1 Å². The lowest BCUT2D eigenvalue weighted by Crippen LogP contribution is -2.81. The van der Waals surface area contributed by atoms with Gasteiger partial charge >= 0.3 is 36.2 Å². The van der Waals surface area contributed by atoms with E-state index in [1.165, 1.54) is 0 Å². The van der Waals surface area contributed by atoms with Gasteiger partial charge < -0.3 is 0 Å². The fraction of sp³-hybridized carbons (Fsp3) is 1.00. The van der Waals surface area contributed by atoms with Crippen molar-refractivity contribution in [3.63, 3.8) is 0 Å². The van der Waals surface area contributed by atoms with Crippen LogP contribution in [0, 0.1) is 0 Å². The van der Waals surface area contributed by atoms with Gasteiger partial charge in [0.1, 0.15) is 0 Å². The molecule has 0 aromatic carbocycles. The standard InChI is InChI=1S/C7H2F13NO/c8-1-21-6(17,18)2(9,4(11,12)13)22-3(10,5(14,15)16)7(21,19)20/h1H2. The Morgan fingerprint density at radius 2 is 0.955 bits per heavy atom. The number of ether oxygens (including phenoxy) is 1. The van der Waals surface area contributed by atoms with Gasteiger partial charge in [-0.25, -0.2) is 4.39 Å². The third kappa shape index (κ3) is 2.04. The van der Waals surface area contributed by atoms with Gasteiger partial charge in [-0.2, -0.15) is 52.7 Å². The second-order valence-electron chi connectivity index (χ2n) is 3.92. The number of hydrogen-bond acceptors (Lipinski definition) is 2. The molecule has 0 bridgehead atoms. The van der Waals surface area contributed by atoms with E-state index in [0.29, 0.717) is 0 Å². The summed E-state index contributed by atoms with van der Waals surface area (Å²) in [4.78, 5) is -2.86. The number of morpholine rings is 1. The van der Waals surface area contributed by atoms with Gasteiger partial charge in [0.2, 0.25) is 0 Å². The van der Waals surface area contributed by atoms with Crippen molar-refractivity contribution in [1.82, 2.24) is 4.90 Å². The number of rotatable bonds is 1. The fourth-order valence-corrected chi connectivity index (χ4v) is 1.45. The zero-order valence-corrected chi connectivity index (χ0v) is 9.48. The SMILES string of the molecule is FCN1C(F)(F)C(F)(C(F)(F)F)OC(F)(C(F)(F)F)C1(F)F. The summed E-state index contributed by atoms with van der Waals surface area (Å²) >= 11 is 0. The lowest BCUT2D eigenvalue weighted by molar-refractivity contribution is -0.579. The summed E-state index contributed by atoms with van der Waals surface area (Å²) in [5.74, 6) is -13.8. The molecule has 22 heavy (non-hydrogen) atoms. The van der Waals surface area contributed by atoms with E-state index in [2.05, 4.69) is 0 Å². The summed E-state index contributed by atoms with van der Waals surface area (Å²) in [6.45, 7) is -3.45. The topological polar surface area (TPSA) is 12.5 Å². The fourth-order valence-electron chi connectivity index (χ4n) is 1.45. The Labute approximate surface area is 111 Å². The van der Waals surface area contributed by atoms with Crippen LogP contribution in [0.25, 0.3) is 0 Å². The molecule has 0 N–H and O–H groups in total. The molecule has 1 saturated heterocycles. The first-order valence-electron chi connectivity index (χ1n) is 4.71. The quantitative estimate of drug-likeness (QED) is 0.518. The number of halogens is 13. The van der Waals surface area contributed by atoms with E-state index in [1.807, 2.05) is 4.74 Å². The molecular weight excluding hydrogens is 361 g/mol. The summed E-state index contributed by atoms with van der Waals surface area (Å²) in [6.07, 6.45) is -14.2. The van der Waals surface area contributed by atoms with E-state index < -0.39 is 47.9 Å². The summed E-state index contributed by atoms with van der Waals surface area (Å²) < 4.78 is 166. The molecule has 132 valence electrons. The normalized spacial score (nSPS) is 36.4. The molecule has 2 nitrogen and oxygen atoms in total. The molecule has 2 atom stereocenters. The molecule has 1 heterocycles. The second kappa shape index (κ2) is 4.52. The molecule has 0 aliphatic carbocycles. The van der Waals surface area contributed by atoms with Crippen LogP contribution in [0.1, 0.15) is 0 Å². The van der Waals surface area contributed by atoms with Gasteiger partial charge in [-0.05, 0) is 0 Å². The van der Waals surface area contributed by atoms with Crippen molar-refractivity contribution in [3.05, 3.63) is 0 Å². The first kappa shape index (κ1) is 19.1. The lowest BCUT2D eigenvalue weighted by atomic mass is 10.1. The molecule has 2 unspecified atom stereocenters. The van der Waals surface area contributed by atoms with Gasteiger partial charge in [-0.15, -0.1) is 4.90 Å². The van der Waals surface area contributed by atoms with Gasteiger partial charge in [-0.1, -0.05) is 0 Å². The average Bonchev–Trinajstić information content (AvgIpc) is 2.23. The summed E-state index contributed by atoms with van der Waals surface area (Å²) in [5, 5.41) is 0. The molecule has 0 amide bonds. The molecule has 0 saturated carbocycles. The van der Waals surface area contributed by atoms with Crippen molar-refractivity contribution in [2.24, 2.45) is 0 Å². The first-order valence-corrected chi connectivity index (χ1v) is 4.71. The molecular formula is C7H2F13NO. The predicted molar refractivity (Wildman–Crippen MR) is 38.6 cm³/mol. The Morgan fingerprint density at radius 3 is 1.14 bits per heavy atom. The highest BCUT2D eigenvalue weighted by Crippen LogP contribution is 2.62. The van der Waals surface area contributed by atoms with Crippen LogP contribution < -0.4 is 0 Å². The molecule has 0 spiro atoms. The highest BCUT2D eigenvalue weighted by Gasteiger charge is 2.92. The van der Waals surface area contributed by atoms with Gasteiger partial charge in [0.05, 0.1) is 0 Å². The van der Waals surface area contributed by atoms with Crippen molar-refractivity contribution in [2.75, 3.05) is 6.80 Å². The van der Waals surface area contributed by atoms with E-state index in [4.69, 9.17) is 0 Å². The van der Waals surface area contributed by atoms with Crippen molar-refractivity contribution >= 4 is 0 Å². The predicted octanol–water partition coefficient (Wildman–Crippen LogP) is 3.89. The van der Waals surface area contributed by atoms with Crippen LogP contribution >= 0.6 is 0 Å². The zero-order chi connectivity index (χ0) is 18.0. The molecule has 15 heteroatoms. The van der Waals surface area contributed by atoms with Crippen molar-refractivity contribution in [2.45, 2.75) is 36.2 Å². The summed E-state index contributed by atoms with van der Waals surface area (Å²) in [6, 6.07) is -13.4. The molecule has 0 radical (unpaired) electrons. The third-order valence-corrected chi connectivity index (χ3v) is 2.58. The van der Waals surface area contributed by atoms with E-state index in [-0.39, 0.29) is 0 Å². The molecule has 1 fully saturated rings. The molecule has 0 aromatic heterocycles. The van der Waals surface area contributed by atoms with Gasteiger partial charge in [0.15, 0.2) is 6.80 Å². The van der Waals surface area contributed by atoms with Crippen LogP contribution in [0.3, 0.4) is 0 Å². The smallest absolute Gasteiger partial charge is 0.282 e. The van der Waals surface area contributed by atoms with Gasteiger partial charge in [0.25, 0.3) is 0 Å². The number of alkyl halides is 13. The van der Waals surface area contributed by atoms with Crippen molar-refractivity contribution < 1.29 is 61.8 Å². The van der Waals surface area contributed by atoms with Crippen molar-refractivity contribution in [3.8, 4) is 0 Å². The molecule has 1 aliphatic rings.